The van der Waals surface area contributed by atoms with Gasteiger partial charge in [-0.25, -0.2) is 4.98 Å². The molecule has 1 aromatic carbocycles. The van der Waals surface area contributed by atoms with E-state index >= 15 is 0 Å². The molecule has 0 radical (unpaired) electrons. The number of pyridine rings is 1. The quantitative estimate of drug-likeness (QED) is 0.522. The van der Waals surface area contributed by atoms with E-state index in [1.165, 1.54) is 10.6 Å². The first-order valence-electron chi connectivity index (χ1n) is 7.65. The molecule has 0 spiro atoms. The average Bonchev–Trinajstić information content (AvgIpc) is 3.32. The summed E-state index contributed by atoms with van der Waals surface area (Å²) in [5.41, 5.74) is 1.55. The summed E-state index contributed by atoms with van der Waals surface area (Å²) in [5.74, 6) is 0. The highest BCUT2D eigenvalue weighted by molar-refractivity contribution is 7.13. The van der Waals surface area contributed by atoms with Gasteiger partial charge in [-0.2, -0.15) is 0 Å². The Morgan fingerprint density at radius 2 is 2.00 bits per heavy atom. The van der Waals surface area contributed by atoms with E-state index in [-0.39, 0.29) is 5.56 Å². The third-order valence-electron chi connectivity index (χ3n) is 3.55. The lowest BCUT2D eigenvalue weighted by Gasteiger charge is -2.07. The van der Waals surface area contributed by atoms with Gasteiger partial charge in [0.05, 0.1) is 11.4 Å². The fourth-order valence-electron chi connectivity index (χ4n) is 2.40. The first kappa shape index (κ1) is 17.9. The topological polar surface area (TPSA) is 79.8 Å². The molecule has 0 fully saturated rings. The number of anilines is 1. The van der Waals surface area contributed by atoms with Crippen LogP contribution in [0.25, 0.3) is 16.7 Å². The SMILES string of the molecule is CNc1nccs1.O=Cc1cc2ccc(=O)n(-c3ccc(Cl)cc3)c2[nH]1. The lowest BCUT2D eigenvalue weighted by atomic mass is 10.2. The summed E-state index contributed by atoms with van der Waals surface area (Å²) in [6.07, 6.45) is 2.49. The second kappa shape index (κ2) is 7.99. The summed E-state index contributed by atoms with van der Waals surface area (Å²) < 4.78 is 1.51. The van der Waals surface area contributed by atoms with Crippen molar-refractivity contribution in [1.82, 2.24) is 14.5 Å². The first-order valence-corrected chi connectivity index (χ1v) is 8.91. The van der Waals surface area contributed by atoms with Crippen LogP contribution >= 0.6 is 22.9 Å². The van der Waals surface area contributed by atoms with Crippen LogP contribution in [0.5, 0.6) is 0 Å². The van der Waals surface area contributed by atoms with Gasteiger partial charge in [0, 0.05) is 35.1 Å². The van der Waals surface area contributed by atoms with Gasteiger partial charge < -0.3 is 10.3 Å². The first-order chi connectivity index (χ1) is 12.6. The summed E-state index contributed by atoms with van der Waals surface area (Å²) in [6, 6.07) is 11.8. The van der Waals surface area contributed by atoms with Crippen molar-refractivity contribution in [1.29, 1.82) is 0 Å². The molecule has 0 amide bonds. The Hall–Kier alpha value is -2.90. The van der Waals surface area contributed by atoms with Gasteiger partial charge in [0.2, 0.25) is 0 Å². The number of nitrogens with one attached hydrogen (secondary N) is 2. The summed E-state index contributed by atoms with van der Waals surface area (Å²) >= 11 is 7.44. The number of carbonyl (C=O) groups is 1. The standard InChI is InChI=1S/C14H9ClN2O2.C4H6N2S/c15-10-2-4-12(5-3-10)17-13(19)6-1-9-7-11(8-18)16-14(9)17;1-5-4-6-2-3-7-4/h1-8,16H;2-3H,1H3,(H,5,6). The van der Waals surface area contributed by atoms with E-state index in [9.17, 15) is 9.59 Å². The lowest BCUT2D eigenvalue weighted by Crippen LogP contribution is -2.17. The molecule has 4 rings (SSSR count). The monoisotopic (exact) mass is 386 g/mol. The molecule has 0 bridgehead atoms. The van der Waals surface area contributed by atoms with E-state index in [0.29, 0.717) is 22.1 Å². The number of rotatable bonds is 3. The van der Waals surface area contributed by atoms with Crippen LogP contribution in [0.2, 0.25) is 5.02 Å². The van der Waals surface area contributed by atoms with Crippen molar-refractivity contribution in [2.75, 3.05) is 12.4 Å². The van der Waals surface area contributed by atoms with Crippen molar-refractivity contribution in [3.05, 3.63) is 75.1 Å². The fourth-order valence-corrected chi connectivity index (χ4v) is 3.01. The Balaban J connectivity index is 0.000000236. The highest BCUT2D eigenvalue weighted by atomic mass is 35.5. The van der Waals surface area contributed by atoms with Crippen molar-refractivity contribution in [2.45, 2.75) is 0 Å². The number of nitrogens with zero attached hydrogens (tertiary/aromatic N) is 2. The number of hydrogen-bond donors (Lipinski definition) is 2. The number of benzene rings is 1. The fraction of sp³-hybridized carbons (Fsp3) is 0.0556. The summed E-state index contributed by atoms with van der Waals surface area (Å²) in [6.45, 7) is 0. The van der Waals surface area contributed by atoms with Crippen molar-refractivity contribution < 1.29 is 4.79 Å². The minimum absolute atomic E-state index is 0.172. The molecule has 2 N–H and O–H groups in total. The average molecular weight is 387 g/mol. The largest absolute Gasteiger partial charge is 0.365 e. The van der Waals surface area contributed by atoms with Gasteiger partial charge >= 0.3 is 0 Å². The normalized spacial score (nSPS) is 10.2. The second-order valence-corrected chi connectivity index (χ2v) is 6.55. The zero-order valence-electron chi connectivity index (χ0n) is 13.8. The van der Waals surface area contributed by atoms with Crippen LogP contribution in [-0.2, 0) is 0 Å². The van der Waals surface area contributed by atoms with Gasteiger partial charge in [0.15, 0.2) is 11.4 Å². The molecule has 0 aliphatic carbocycles. The molecule has 0 atom stereocenters. The van der Waals surface area contributed by atoms with E-state index in [0.717, 1.165) is 16.8 Å². The van der Waals surface area contributed by atoms with Crippen molar-refractivity contribution >= 4 is 45.4 Å². The third-order valence-corrected chi connectivity index (χ3v) is 4.60. The predicted molar refractivity (Wildman–Crippen MR) is 106 cm³/mol. The van der Waals surface area contributed by atoms with Gasteiger partial charge in [-0.05, 0) is 36.4 Å². The maximum absolute atomic E-state index is 12.0. The van der Waals surface area contributed by atoms with Crippen LogP contribution in [-0.4, -0.2) is 27.9 Å². The molecule has 0 unspecified atom stereocenters. The molecule has 3 aromatic heterocycles. The minimum atomic E-state index is -0.172. The molecule has 0 aliphatic heterocycles. The van der Waals surface area contributed by atoms with Gasteiger partial charge in [0.1, 0.15) is 5.65 Å². The highest BCUT2D eigenvalue weighted by Gasteiger charge is 2.08. The molecule has 0 saturated heterocycles. The van der Waals surface area contributed by atoms with Crippen LogP contribution in [0.3, 0.4) is 0 Å². The molecule has 3 heterocycles. The summed E-state index contributed by atoms with van der Waals surface area (Å²) in [5, 5.41) is 7.23. The number of fused-ring (bicyclic) bond motifs is 1. The Morgan fingerprint density at radius 1 is 1.23 bits per heavy atom. The van der Waals surface area contributed by atoms with Gasteiger partial charge in [0.25, 0.3) is 5.56 Å². The Labute approximate surface area is 158 Å². The molecular weight excluding hydrogens is 372 g/mol. The van der Waals surface area contributed by atoms with E-state index in [2.05, 4.69) is 15.3 Å². The predicted octanol–water partition coefficient (Wildman–Crippen LogP) is 3.97. The Bertz CT molecular complexity index is 1070. The van der Waals surface area contributed by atoms with E-state index < -0.39 is 0 Å². The molecule has 0 saturated carbocycles. The highest BCUT2D eigenvalue weighted by Crippen LogP contribution is 2.18. The Morgan fingerprint density at radius 3 is 2.58 bits per heavy atom. The lowest BCUT2D eigenvalue weighted by molar-refractivity contribution is 0.111. The molecule has 4 aromatic rings. The van der Waals surface area contributed by atoms with Crippen LogP contribution in [0.4, 0.5) is 5.13 Å². The van der Waals surface area contributed by atoms with Crippen molar-refractivity contribution in [3.8, 4) is 5.69 Å². The van der Waals surface area contributed by atoms with Gasteiger partial charge in [-0.1, -0.05) is 11.6 Å². The zero-order chi connectivity index (χ0) is 18.5. The number of hydrogen-bond acceptors (Lipinski definition) is 5. The minimum Gasteiger partial charge on any atom is -0.365 e. The number of H-pyrrole nitrogens is 1. The number of thiazole rings is 1. The second-order valence-electron chi connectivity index (χ2n) is 5.22. The third kappa shape index (κ3) is 3.84. The summed E-state index contributed by atoms with van der Waals surface area (Å²) in [7, 11) is 1.86. The van der Waals surface area contributed by atoms with E-state index in [1.807, 2.05) is 12.4 Å². The van der Waals surface area contributed by atoms with Crippen LogP contribution in [0.1, 0.15) is 10.5 Å². The number of carbonyl (C=O) groups excluding carboxylic acids is 1. The van der Waals surface area contributed by atoms with E-state index in [1.54, 1.807) is 53.9 Å². The smallest absolute Gasteiger partial charge is 0.256 e. The molecular formula is C18H15ClN4O2S. The molecule has 132 valence electrons. The van der Waals surface area contributed by atoms with E-state index in [4.69, 9.17) is 11.6 Å². The summed E-state index contributed by atoms with van der Waals surface area (Å²) in [4.78, 5) is 29.7. The molecule has 6 nitrogen and oxygen atoms in total. The molecule has 0 aliphatic rings. The van der Waals surface area contributed by atoms with Crippen molar-refractivity contribution in [3.63, 3.8) is 0 Å². The maximum Gasteiger partial charge on any atom is 0.256 e. The van der Waals surface area contributed by atoms with Crippen LogP contribution in [0.15, 0.2) is 58.8 Å². The maximum atomic E-state index is 12.0. The number of halogens is 1. The number of aldehydes is 1. The van der Waals surface area contributed by atoms with Crippen LogP contribution < -0.4 is 10.9 Å². The Kier molecular flexibility index (Phi) is 5.50. The van der Waals surface area contributed by atoms with Crippen LogP contribution in [0, 0.1) is 0 Å². The zero-order valence-corrected chi connectivity index (χ0v) is 15.3. The van der Waals surface area contributed by atoms with Crippen molar-refractivity contribution in [2.24, 2.45) is 0 Å². The molecule has 26 heavy (non-hydrogen) atoms. The number of aromatic amines is 1. The number of aromatic nitrogens is 3. The molecule has 8 heteroatoms. The van der Waals surface area contributed by atoms with Gasteiger partial charge in [-0.15, -0.1) is 11.3 Å². The van der Waals surface area contributed by atoms with Gasteiger partial charge in [-0.3, -0.25) is 14.2 Å².